The van der Waals surface area contributed by atoms with Gasteiger partial charge in [-0.25, -0.2) is 4.98 Å². The Hall–Kier alpha value is -1.32. The van der Waals surface area contributed by atoms with Gasteiger partial charge in [0.2, 0.25) is 0 Å². The van der Waals surface area contributed by atoms with Gasteiger partial charge in [0.05, 0.1) is 11.7 Å². The van der Waals surface area contributed by atoms with E-state index in [2.05, 4.69) is 27.8 Å². The smallest absolute Gasteiger partial charge is 0.105 e. The van der Waals surface area contributed by atoms with Crippen molar-refractivity contribution in [2.75, 3.05) is 7.05 Å². The maximum Gasteiger partial charge on any atom is 0.105 e. The van der Waals surface area contributed by atoms with Crippen LogP contribution in [0.5, 0.6) is 0 Å². The Bertz CT molecular complexity index is 358. The van der Waals surface area contributed by atoms with Crippen molar-refractivity contribution in [3.8, 4) is 0 Å². The minimum atomic E-state index is 0.329. The van der Waals surface area contributed by atoms with E-state index in [4.69, 9.17) is 0 Å². The largest absolute Gasteiger partial charge is 0.338 e. The number of nitrogens with zero attached hydrogens (tertiary/aromatic N) is 4. The third-order valence-corrected chi connectivity index (χ3v) is 2.74. The van der Waals surface area contributed by atoms with Crippen LogP contribution >= 0.6 is 0 Å². The van der Waals surface area contributed by atoms with E-state index in [0.29, 0.717) is 6.04 Å². The van der Waals surface area contributed by atoms with Crippen molar-refractivity contribution in [2.24, 2.45) is 12.1 Å². The molecule has 0 fully saturated rings. The Labute approximate surface area is 84.2 Å². The molecule has 4 nitrogen and oxygen atoms in total. The number of rotatable bonds is 1. The molecule has 2 rings (SSSR count). The summed E-state index contributed by atoms with van der Waals surface area (Å²) in [5.41, 5.74) is 2.30. The van der Waals surface area contributed by atoms with Crippen molar-refractivity contribution in [3.05, 3.63) is 17.7 Å². The first-order valence-corrected chi connectivity index (χ1v) is 4.84. The van der Waals surface area contributed by atoms with Crippen LogP contribution in [0.3, 0.4) is 0 Å². The van der Waals surface area contributed by atoms with Crippen LogP contribution in [0.15, 0.2) is 11.3 Å². The molecular weight excluding hydrogens is 176 g/mol. The second kappa shape index (κ2) is 3.12. The number of hydrogen-bond donors (Lipinski definition) is 0. The van der Waals surface area contributed by atoms with E-state index in [9.17, 15) is 0 Å². The number of imidazole rings is 1. The summed E-state index contributed by atoms with van der Waals surface area (Å²) in [7, 11) is 4.03. The molecule has 1 aliphatic rings. The molecule has 0 spiro atoms. The molecule has 0 amide bonds. The van der Waals surface area contributed by atoms with Crippen LogP contribution in [-0.4, -0.2) is 27.3 Å². The molecule has 1 atom stereocenters. The highest BCUT2D eigenvalue weighted by Gasteiger charge is 2.25. The van der Waals surface area contributed by atoms with Crippen molar-refractivity contribution >= 4 is 5.71 Å². The molecule has 0 aliphatic carbocycles. The minimum absolute atomic E-state index is 0.329. The highest BCUT2D eigenvalue weighted by atomic mass is 15.5. The van der Waals surface area contributed by atoms with Gasteiger partial charge in [0.15, 0.2) is 0 Å². The average molecular weight is 192 g/mol. The molecule has 0 bridgehead atoms. The normalized spacial score (nSPS) is 21.6. The highest BCUT2D eigenvalue weighted by molar-refractivity contribution is 5.83. The van der Waals surface area contributed by atoms with Gasteiger partial charge >= 0.3 is 0 Å². The maximum absolute atomic E-state index is 4.53. The standard InChI is InChI=1S/C10H16N4/c1-7-5-10(14(4)12-7)9-6-13(3)8(2)11-9/h6,10H,5H2,1-4H3. The average Bonchev–Trinajstić information content (AvgIpc) is 2.57. The van der Waals surface area contributed by atoms with E-state index in [1.807, 2.05) is 26.0 Å². The lowest BCUT2D eigenvalue weighted by atomic mass is 10.1. The van der Waals surface area contributed by atoms with Gasteiger partial charge in [-0.3, -0.25) is 5.01 Å². The number of aromatic nitrogens is 2. The van der Waals surface area contributed by atoms with Gasteiger partial charge in [-0.05, 0) is 13.8 Å². The third kappa shape index (κ3) is 1.41. The Kier molecular flexibility index (Phi) is 2.06. The van der Waals surface area contributed by atoms with Crippen molar-refractivity contribution in [3.63, 3.8) is 0 Å². The number of hydrogen-bond acceptors (Lipinski definition) is 3. The summed E-state index contributed by atoms with van der Waals surface area (Å²) in [6, 6.07) is 0.329. The molecule has 1 aromatic rings. The molecule has 0 N–H and O–H groups in total. The van der Waals surface area contributed by atoms with E-state index in [1.165, 1.54) is 5.71 Å². The lowest BCUT2D eigenvalue weighted by molar-refractivity contribution is 0.285. The third-order valence-electron chi connectivity index (χ3n) is 2.74. The monoisotopic (exact) mass is 192 g/mol. The molecule has 0 saturated carbocycles. The minimum Gasteiger partial charge on any atom is -0.338 e. The predicted molar refractivity (Wildman–Crippen MR) is 56.2 cm³/mol. The molecule has 1 aliphatic heterocycles. The maximum atomic E-state index is 4.53. The Morgan fingerprint density at radius 3 is 2.50 bits per heavy atom. The second-order valence-corrected chi connectivity index (χ2v) is 3.95. The molecule has 0 saturated heterocycles. The zero-order valence-corrected chi connectivity index (χ0v) is 9.15. The van der Waals surface area contributed by atoms with Crippen molar-refractivity contribution < 1.29 is 0 Å². The topological polar surface area (TPSA) is 33.4 Å². The van der Waals surface area contributed by atoms with Crippen LogP contribution < -0.4 is 0 Å². The van der Waals surface area contributed by atoms with Crippen molar-refractivity contribution in [2.45, 2.75) is 26.3 Å². The van der Waals surface area contributed by atoms with E-state index >= 15 is 0 Å². The fraction of sp³-hybridized carbons (Fsp3) is 0.600. The first-order chi connectivity index (χ1) is 6.58. The molecule has 0 radical (unpaired) electrons. The van der Waals surface area contributed by atoms with Crippen molar-refractivity contribution in [1.82, 2.24) is 14.6 Å². The Balaban J connectivity index is 2.25. The summed E-state index contributed by atoms with van der Waals surface area (Å²) in [6.45, 7) is 4.08. The summed E-state index contributed by atoms with van der Waals surface area (Å²) in [4.78, 5) is 4.53. The van der Waals surface area contributed by atoms with E-state index in [-0.39, 0.29) is 0 Å². The summed E-state index contributed by atoms with van der Waals surface area (Å²) in [5, 5.41) is 6.38. The zero-order valence-electron chi connectivity index (χ0n) is 9.15. The van der Waals surface area contributed by atoms with Gasteiger partial charge in [-0.1, -0.05) is 0 Å². The van der Waals surface area contributed by atoms with Gasteiger partial charge in [-0.2, -0.15) is 5.10 Å². The summed E-state index contributed by atoms with van der Waals surface area (Å²) < 4.78 is 2.05. The van der Waals surface area contributed by atoms with Gasteiger partial charge in [0.1, 0.15) is 5.82 Å². The van der Waals surface area contributed by atoms with Crippen LogP contribution in [0, 0.1) is 6.92 Å². The molecule has 1 unspecified atom stereocenters. The van der Waals surface area contributed by atoms with Crippen LogP contribution in [0.2, 0.25) is 0 Å². The van der Waals surface area contributed by atoms with Gasteiger partial charge in [-0.15, -0.1) is 0 Å². The second-order valence-electron chi connectivity index (χ2n) is 3.95. The van der Waals surface area contributed by atoms with Crippen LogP contribution in [0.4, 0.5) is 0 Å². The number of aryl methyl sites for hydroxylation is 2. The first kappa shape index (κ1) is 9.24. The van der Waals surface area contributed by atoms with Crippen LogP contribution in [0.25, 0.3) is 0 Å². The van der Waals surface area contributed by atoms with E-state index < -0.39 is 0 Å². The summed E-state index contributed by atoms with van der Waals surface area (Å²) >= 11 is 0. The molecular formula is C10H16N4. The zero-order chi connectivity index (χ0) is 10.3. The molecule has 0 aromatic carbocycles. The van der Waals surface area contributed by atoms with Crippen molar-refractivity contribution in [1.29, 1.82) is 0 Å². The molecule has 2 heterocycles. The fourth-order valence-corrected chi connectivity index (χ4v) is 1.83. The Morgan fingerprint density at radius 2 is 2.07 bits per heavy atom. The SMILES string of the molecule is CC1=NN(C)C(c2cn(C)c(C)n2)C1. The number of hydrazone groups is 1. The first-order valence-electron chi connectivity index (χ1n) is 4.84. The van der Waals surface area contributed by atoms with Crippen LogP contribution in [-0.2, 0) is 7.05 Å². The fourth-order valence-electron chi connectivity index (χ4n) is 1.83. The molecule has 4 heteroatoms. The molecule has 1 aromatic heterocycles. The molecule has 14 heavy (non-hydrogen) atoms. The van der Waals surface area contributed by atoms with E-state index in [1.54, 1.807) is 0 Å². The van der Waals surface area contributed by atoms with Crippen LogP contribution in [0.1, 0.15) is 30.9 Å². The lowest BCUT2D eigenvalue weighted by Crippen LogP contribution is -2.14. The van der Waals surface area contributed by atoms with Gasteiger partial charge in [0, 0.05) is 32.4 Å². The highest BCUT2D eigenvalue weighted by Crippen LogP contribution is 2.27. The van der Waals surface area contributed by atoms with Gasteiger partial charge in [0.25, 0.3) is 0 Å². The Morgan fingerprint density at radius 1 is 1.36 bits per heavy atom. The summed E-state index contributed by atoms with van der Waals surface area (Å²) in [5.74, 6) is 1.05. The predicted octanol–water partition coefficient (Wildman–Crippen LogP) is 1.48. The van der Waals surface area contributed by atoms with Gasteiger partial charge < -0.3 is 4.57 Å². The quantitative estimate of drug-likeness (QED) is 0.675. The lowest BCUT2D eigenvalue weighted by Gasteiger charge is -2.15. The molecule has 76 valence electrons. The van der Waals surface area contributed by atoms with E-state index in [0.717, 1.165) is 17.9 Å². The summed E-state index contributed by atoms with van der Waals surface area (Å²) in [6.07, 6.45) is 3.08.